The van der Waals surface area contributed by atoms with Crippen molar-refractivity contribution in [3.8, 4) is 6.07 Å². The molecule has 2 aromatic carbocycles. The van der Waals surface area contributed by atoms with Crippen LogP contribution in [0.1, 0.15) is 12.5 Å². The standard InChI is InChI=1S/C18H15N3S/c1-2-21-16-6-4-3-5-14(16)15-10-12(7-8-17(15)21)9-13(11-19)18(20)22/h3-10H,2H2,1H3,(H2,20,22)/b13-9+. The van der Waals surface area contributed by atoms with Crippen molar-refractivity contribution in [2.75, 3.05) is 0 Å². The molecule has 0 atom stereocenters. The number of nitrogens with two attached hydrogens (primary N) is 1. The molecule has 0 radical (unpaired) electrons. The summed E-state index contributed by atoms with van der Waals surface area (Å²) in [5, 5.41) is 11.5. The maximum Gasteiger partial charge on any atom is 0.114 e. The van der Waals surface area contributed by atoms with Gasteiger partial charge in [0.05, 0.1) is 5.57 Å². The molecule has 0 saturated heterocycles. The van der Waals surface area contributed by atoms with Gasteiger partial charge in [-0.3, -0.25) is 0 Å². The summed E-state index contributed by atoms with van der Waals surface area (Å²) < 4.78 is 2.29. The molecule has 108 valence electrons. The fraction of sp³-hybridized carbons (Fsp3) is 0.111. The lowest BCUT2D eigenvalue weighted by Crippen LogP contribution is -2.09. The van der Waals surface area contributed by atoms with Crippen LogP contribution in [-0.4, -0.2) is 9.56 Å². The zero-order valence-electron chi connectivity index (χ0n) is 12.2. The first-order chi connectivity index (χ1) is 10.7. The number of hydrogen-bond donors (Lipinski definition) is 1. The molecule has 0 aliphatic heterocycles. The van der Waals surface area contributed by atoms with E-state index in [9.17, 15) is 0 Å². The van der Waals surface area contributed by atoms with Gasteiger partial charge in [0, 0.05) is 28.4 Å². The quantitative estimate of drug-likeness (QED) is 0.452. The van der Waals surface area contributed by atoms with Gasteiger partial charge < -0.3 is 10.3 Å². The number of aryl methyl sites for hydroxylation is 1. The Morgan fingerprint density at radius 3 is 2.64 bits per heavy atom. The van der Waals surface area contributed by atoms with Crippen LogP contribution >= 0.6 is 12.2 Å². The molecule has 0 amide bonds. The summed E-state index contributed by atoms with van der Waals surface area (Å²) in [6.45, 7) is 3.05. The minimum Gasteiger partial charge on any atom is -0.389 e. The molecule has 4 heteroatoms. The molecule has 2 N–H and O–H groups in total. The average Bonchev–Trinajstić information content (AvgIpc) is 2.85. The summed E-state index contributed by atoms with van der Waals surface area (Å²) in [6.07, 6.45) is 1.74. The number of benzene rings is 2. The van der Waals surface area contributed by atoms with E-state index in [0.29, 0.717) is 5.57 Å². The van der Waals surface area contributed by atoms with Gasteiger partial charge in [-0.05, 0) is 36.8 Å². The van der Waals surface area contributed by atoms with Crippen LogP contribution < -0.4 is 5.73 Å². The zero-order chi connectivity index (χ0) is 15.7. The third-order valence-electron chi connectivity index (χ3n) is 3.81. The topological polar surface area (TPSA) is 54.7 Å². The van der Waals surface area contributed by atoms with E-state index in [4.69, 9.17) is 23.2 Å². The Morgan fingerprint density at radius 1 is 1.23 bits per heavy atom. The maximum absolute atomic E-state index is 9.10. The van der Waals surface area contributed by atoms with Crippen LogP contribution in [0.5, 0.6) is 0 Å². The van der Waals surface area contributed by atoms with E-state index in [0.717, 1.165) is 12.1 Å². The van der Waals surface area contributed by atoms with Crippen molar-refractivity contribution in [3.05, 3.63) is 53.6 Å². The van der Waals surface area contributed by atoms with Crippen molar-refractivity contribution >= 4 is 45.1 Å². The number of para-hydroxylation sites is 1. The Hall–Kier alpha value is -2.64. The number of hydrogen-bond acceptors (Lipinski definition) is 2. The fourth-order valence-corrected chi connectivity index (χ4v) is 2.93. The van der Waals surface area contributed by atoms with Gasteiger partial charge in [-0.15, -0.1) is 0 Å². The van der Waals surface area contributed by atoms with Crippen LogP contribution in [0.15, 0.2) is 48.0 Å². The Labute approximate surface area is 134 Å². The molecule has 0 spiro atoms. The van der Waals surface area contributed by atoms with Gasteiger partial charge >= 0.3 is 0 Å². The van der Waals surface area contributed by atoms with Gasteiger partial charge in [-0.1, -0.05) is 36.5 Å². The second-order valence-corrected chi connectivity index (χ2v) is 5.51. The van der Waals surface area contributed by atoms with Crippen LogP contribution in [0, 0.1) is 11.3 Å². The molecule has 0 saturated carbocycles. The summed E-state index contributed by atoms with van der Waals surface area (Å²) >= 11 is 4.89. The zero-order valence-corrected chi connectivity index (χ0v) is 13.0. The molecule has 0 fully saturated rings. The third kappa shape index (κ3) is 2.26. The smallest absolute Gasteiger partial charge is 0.114 e. The first kappa shape index (κ1) is 14.3. The van der Waals surface area contributed by atoms with Gasteiger partial charge in [0.2, 0.25) is 0 Å². The molecule has 22 heavy (non-hydrogen) atoms. The lowest BCUT2D eigenvalue weighted by atomic mass is 10.1. The fourth-order valence-electron chi connectivity index (χ4n) is 2.83. The van der Waals surface area contributed by atoms with E-state index in [-0.39, 0.29) is 4.99 Å². The lowest BCUT2D eigenvalue weighted by Gasteiger charge is -2.03. The molecular weight excluding hydrogens is 290 g/mol. The highest BCUT2D eigenvalue weighted by atomic mass is 32.1. The van der Waals surface area contributed by atoms with E-state index in [1.165, 1.54) is 21.8 Å². The van der Waals surface area contributed by atoms with Crippen molar-refractivity contribution < 1.29 is 0 Å². The molecule has 3 aromatic rings. The third-order valence-corrected chi connectivity index (χ3v) is 4.03. The Morgan fingerprint density at radius 2 is 1.95 bits per heavy atom. The minimum absolute atomic E-state index is 0.124. The van der Waals surface area contributed by atoms with Crippen molar-refractivity contribution in [3.63, 3.8) is 0 Å². The second kappa shape index (κ2) is 5.63. The minimum atomic E-state index is 0.124. The molecular formula is C18H15N3S. The molecule has 0 aliphatic carbocycles. The van der Waals surface area contributed by atoms with Crippen molar-refractivity contribution in [1.82, 2.24) is 4.57 Å². The van der Waals surface area contributed by atoms with Crippen LogP contribution in [0.25, 0.3) is 27.9 Å². The van der Waals surface area contributed by atoms with E-state index in [1.807, 2.05) is 18.2 Å². The molecule has 3 nitrogen and oxygen atoms in total. The lowest BCUT2D eigenvalue weighted by molar-refractivity contribution is 0.827. The van der Waals surface area contributed by atoms with E-state index < -0.39 is 0 Å². The summed E-state index contributed by atoms with van der Waals surface area (Å²) in [6, 6.07) is 16.5. The number of fused-ring (bicyclic) bond motifs is 3. The molecule has 3 rings (SSSR count). The van der Waals surface area contributed by atoms with Crippen molar-refractivity contribution in [2.24, 2.45) is 5.73 Å². The van der Waals surface area contributed by atoms with Gasteiger partial charge in [0.15, 0.2) is 0 Å². The van der Waals surface area contributed by atoms with E-state index >= 15 is 0 Å². The highest BCUT2D eigenvalue weighted by Gasteiger charge is 2.09. The molecule has 0 aliphatic rings. The first-order valence-electron chi connectivity index (χ1n) is 7.08. The van der Waals surface area contributed by atoms with E-state index in [1.54, 1.807) is 6.08 Å². The van der Waals surface area contributed by atoms with Crippen LogP contribution in [0.3, 0.4) is 0 Å². The Balaban J connectivity index is 2.29. The first-order valence-corrected chi connectivity index (χ1v) is 7.49. The van der Waals surface area contributed by atoms with E-state index in [2.05, 4.69) is 41.8 Å². The summed E-state index contributed by atoms with van der Waals surface area (Å²) in [4.78, 5) is 0.124. The Bertz CT molecular complexity index is 958. The number of rotatable bonds is 3. The number of nitrogens with zero attached hydrogens (tertiary/aromatic N) is 2. The highest BCUT2D eigenvalue weighted by molar-refractivity contribution is 7.80. The molecule has 0 unspecified atom stereocenters. The number of aromatic nitrogens is 1. The van der Waals surface area contributed by atoms with Gasteiger partial charge in [-0.2, -0.15) is 5.26 Å². The monoisotopic (exact) mass is 305 g/mol. The predicted octanol–water partition coefficient (Wildman–Crippen LogP) is 4.01. The van der Waals surface area contributed by atoms with Crippen LogP contribution in [0.4, 0.5) is 0 Å². The van der Waals surface area contributed by atoms with Gasteiger partial charge in [-0.25, -0.2) is 0 Å². The molecule has 1 heterocycles. The Kier molecular flexibility index (Phi) is 3.66. The number of thiocarbonyl (C=S) groups is 1. The number of nitriles is 1. The van der Waals surface area contributed by atoms with Crippen molar-refractivity contribution in [2.45, 2.75) is 13.5 Å². The molecule has 0 bridgehead atoms. The second-order valence-electron chi connectivity index (χ2n) is 5.07. The summed E-state index contributed by atoms with van der Waals surface area (Å²) in [5.41, 5.74) is 9.22. The SMILES string of the molecule is CCn1c2ccccc2c2cc(/C=C(\C#N)C(N)=S)ccc21. The maximum atomic E-state index is 9.10. The van der Waals surface area contributed by atoms with Crippen molar-refractivity contribution in [1.29, 1.82) is 5.26 Å². The van der Waals surface area contributed by atoms with Crippen LogP contribution in [-0.2, 0) is 6.54 Å². The average molecular weight is 305 g/mol. The highest BCUT2D eigenvalue weighted by Crippen LogP contribution is 2.30. The largest absolute Gasteiger partial charge is 0.389 e. The normalized spacial score (nSPS) is 11.7. The van der Waals surface area contributed by atoms with Crippen LogP contribution in [0.2, 0.25) is 0 Å². The van der Waals surface area contributed by atoms with Gasteiger partial charge in [0.25, 0.3) is 0 Å². The predicted molar refractivity (Wildman–Crippen MR) is 95.5 cm³/mol. The molecule has 1 aromatic heterocycles. The summed E-state index contributed by atoms with van der Waals surface area (Å²) in [7, 11) is 0. The summed E-state index contributed by atoms with van der Waals surface area (Å²) in [5.74, 6) is 0. The van der Waals surface area contributed by atoms with Gasteiger partial charge in [0.1, 0.15) is 11.1 Å².